The van der Waals surface area contributed by atoms with Crippen LogP contribution in [0.25, 0.3) is 0 Å². The third-order valence-electron chi connectivity index (χ3n) is 1.87. The maximum atomic E-state index is 11.6. The molecule has 1 aromatic heterocycles. The molecule has 0 spiro atoms. The molecule has 0 radical (unpaired) electrons. The SMILES string of the molecule is CCCCCS(=O)c1ccc(Cl)cn1. The molecule has 0 aromatic carbocycles. The summed E-state index contributed by atoms with van der Waals surface area (Å²) < 4.78 is 11.6. The molecule has 14 heavy (non-hydrogen) atoms. The van der Waals surface area contributed by atoms with Gasteiger partial charge in [0.15, 0.2) is 0 Å². The van der Waals surface area contributed by atoms with Gasteiger partial charge in [-0.15, -0.1) is 0 Å². The van der Waals surface area contributed by atoms with Gasteiger partial charge in [0.2, 0.25) is 0 Å². The van der Waals surface area contributed by atoms with Gasteiger partial charge in [0.25, 0.3) is 0 Å². The van der Waals surface area contributed by atoms with Gasteiger partial charge in [-0.2, -0.15) is 0 Å². The number of nitrogens with zero attached hydrogens (tertiary/aromatic N) is 1. The average Bonchev–Trinajstić information content (AvgIpc) is 2.19. The average molecular weight is 232 g/mol. The standard InChI is InChI=1S/C10H14ClNOS/c1-2-3-4-7-14(13)10-6-5-9(11)8-12-10/h5-6,8H,2-4,7H2,1H3. The summed E-state index contributed by atoms with van der Waals surface area (Å²) in [5, 5.41) is 1.21. The lowest BCUT2D eigenvalue weighted by Crippen LogP contribution is -2.00. The zero-order valence-electron chi connectivity index (χ0n) is 8.20. The van der Waals surface area contributed by atoms with Crippen molar-refractivity contribution in [3.05, 3.63) is 23.4 Å². The zero-order valence-corrected chi connectivity index (χ0v) is 9.77. The van der Waals surface area contributed by atoms with Gasteiger partial charge in [-0.25, -0.2) is 4.98 Å². The molecule has 0 aliphatic rings. The number of unbranched alkanes of at least 4 members (excludes halogenated alkanes) is 2. The minimum Gasteiger partial charge on any atom is -0.253 e. The van der Waals surface area contributed by atoms with E-state index < -0.39 is 10.8 Å². The molecule has 0 aliphatic heterocycles. The molecule has 1 rings (SSSR count). The van der Waals surface area contributed by atoms with E-state index in [0.29, 0.717) is 15.8 Å². The lowest BCUT2D eigenvalue weighted by Gasteiger charge is -2.00. The largest absolute Gasteiger partial charge is 0.253 e. The zero-order chi connectivity index (χ0) is 10.4. The number of pyridine rings is 1. The Morgan fingerprint density at radius 3 is 2.79 bits per heavy atom. The highest BCUT2D eigenvalue weighted by Crippen LogP contribution is 2.10. The second-order valence-electron chi connectivity index (χ2n) is 3.07. The quantitative estimate of drug-likeness (QED) is 0.730. The van der Waals surface area contributed by atoms with E-state index in [-0.39, 0.29) is 0 Å². The van der Waals surface area contributed by atoms with Crippen molar-refractivity contribution in [3.63, 3.8) is 0 Å². The van der Waals surface area contributed by atoms with Crippen LogP contribution in [0.4, 0.5) is 0 Å². The summed E-state index contributed by atoms with van der Waals surface area (Å²) in [6.45, 7) is 2.13. The van der Waals surface area contributed by atoms with E-state index in [2.05, 4.69) is 11.9 Å². The monoisotopic (exact) mass is 231 g/mol. The van der Waals surface area contributed by atoms with E-state index in [0.717, 1.165) is 19.3 Å². The molecule has 1 atom stereocenters. The van der Waals surface area contributed by atoms with Crippen molar-refractivity contribution in [1.82, 2.24) is 4.98 Å². The van der Waals surface area contributed by atoms with Crippen LogP contribution < -0.4 is 0 Å². The summed E-state index contributed by atoms with van der Waals surface area (Å²) in [4.78, 5) is 4.02. The molecular formula is C10H14ClNOS. The van der Waals surface area contributed by atoms with E-state index in [1.54, 1.807) is 12.1 Å². The molecule has 0 fully saturated rings. The van der Waals surface area contributed by atoms with Gasteiger partial charge in [0, 0.05) is 11.9 Å². The topological polar surface area (TPSA) is 30.0 Å². The highest BCUT2D eigenvalue weighted by atomic mass is 35.5. The molecule has 78 valence electrons. The van der Waals surface area contributed by atoms with Crippen molar-refractivity contribution in [2.75, 3.05) is 5.75 Å². The lowest BCUT2D eigenvalue weighted by molar-refractivity contribution is 0.673. The minimum absolute atomic E-state index is 0.583. The first-order valence-electron chi connectivity index (χ1n) is 4.74. The summed E-state index contributed by atoms with van der Waals surface area (Å²) in [7, 11) is -0.963. The number of hydrogen-bond donors (Lipinski definition) is 0. The van der Waals surface area contributed by atoms with Gasteiger partial charge < -0.3 is 0 Å². The Balaban J connectivity index is 2.48. The van der Waals surface area contributed by atoms with Crippen molar-refractivity contribution in [2.45, 2.75) is 31.2 Å². The molecule has 4 heteroatoms. The van der Waals surface area contributed by atoms with Gasteiger partial charge in [0.05, 0.1) is 15.8 Å². The minimum atomic E-state index is -0.963. The molecule has 0 N–H and O–H groups in total. The maximum Gasteiger partial charge on any atom is 0.127 e. The number of rotatable bonds is 5. The molecule has 1 aromatic rings. The molecular weight excluding hydrogens is 218 g/mol. The number of hydrogen-bond acceptors (Lipinski definition) is 2. The Morgan fingerprint density at radius 1 is 1.43 bits per heavy atom. The fraction of sp³-hybridized carbons (Fsp3) is 0.500. The summed E-state index contributed by atoms with van der Waals surface area (Å²) in [6, 6.07) is 3.45. The fourth-order valence-electron chi connectivity index (χ4n) is 1.08. The highest BCUT2D eigenvalue weighted by Gasteiger charge is 2.04. The van der Waals surface area contributed by atoms with Crippen LogP contribution in [-0.4, -0.2) is 14.9 Å². The highest BCUT2D eigenvalue weighted by molar-refractivity contribution is 7.84. The van der Waals surface area contributed by atoms with Crippen molar-refractivity contribution >= 4 is 22.4 Å². The van der Waals surface area contributed by atoms with Crippen LogP contribution >= 0.6 is 11.6 Å². The van der Waals surface area contributed by atoms with Crippen molar-refractivity contribution in [1.29, 1.82) is 0 Å². The molecule has 1 unspecified atom stereocenters. The molecule has 2 nitrogen and oxygen atoms in total. The first-order valence-corrected chi connectivity index (χ1v) is 6.43. The summed E-state index contributed by atoms with van der Waals surface area (Å²) in [6.07, 6.45) is 4.80. The first-order chi connectivity index (χ1) is 6.74. The Labute approximate surface area is 92.2 Å². The summed E-state index contributed by atoms with van der Waals surface area (Å²) >= 11 is 5.68. The predicted octanol–water partition coefficient (Wildman–Crippen LogP) is 3.03. The normalized spacial score (nSPS) is 12.7. The van der Waals surface area contributed by atoms with Gasteiger partial charge in [-0.3, -0.25) is 4.21 Å². The summed E-state index contributed by atoms with van der Waals surface area (Å²) in [5.74, 6) is 0.697. The molecule has 0 saturated carbocycles. The first kappa shape index (κ1) is 11.7. The lowest BCUT2D eigenvalue weighted by atomic mass is 10.3. The number of halogens is 1. The van der Waals surface area contributed by atoms with E-state index in [1.807, 2.05) is 0 Å². The van der Waals surface area contributed by atoms with Crippen LogP contribution in [0.5, 0.6) is 0 Å². The Kier molecular flexibility index (Phi) is 5.12. The Bertz CT molecular complexity index is 299. The van der Waals surface area contributed by atoms with E-state index in [1.165, 1.54) is 6.20 Å². The number of aromatic nitrogens is 1. The van der Waals surface area contributed by atoms with Crippen LogP contribution in [0.1, 0.15) is 26.2 Å². The molecule has 0 aliphatic carbocycles. The van der Waals surface area contributed by atoms with Crippen LogP contribution in [0.3, 0.4) is 0 Å². The van der Waals surface area contributed by atoms with E-state index >= 15 is 0 Å². The van der Waals surface area contributed by atoms with Gasteiger partial charge in [-0.1, -0.05) is 31.4 Å². The van der Waals surface area contributed by atoms with Crippen molar-refractivity contribution in [2.24, 2.45) is 0 Å². The Hall–Kier alpha value is -0.410. The predicted molar refractivity (Wildman–Crippen MR) is 60.0 cm³/mol. The van der Waals surface area contributed by atoms with Gasteiger partial charge in [-0.05, 0) is 18.6 Å². The van der Waals surface area contributed by atoms with Crippen molar-refractivity contribution < 1.29 is 4.21 Å². The molecule has 0 amide bonds. The summed E-state index contributed by atoms with van der Waals surface area (Å²) in [5.41, 5.74) is 0. The smallest absolute Gasteiger partial charge is 0.127 e. The van der Waals surface area contributed by atoms with Crippen LogP contribution in [-0.2, 0) is 10.8 Å². The molecule has 0 bridgehead atoms. The fourth-order valence-corrected chi connectivity index (χ4v) is 2.26. The second-order valence-corrected chi connectivity index (χ2v) is 5.03. The Morgan fingerprint density at radius 2 is 2.21 bits per heavy atom. The third kappa shape index (κ3) is 3.76. The van der Waals surface area contributed by atoms with Gasteiger partial charge in [0.1, 0.15) is 5.03 Å². The molecule has 0 saturated heterocycles. The third-order valence-corrected chi connectivity index (χ3v) is 3.46. The van der Waals surface area contributed by atoms with Crippen molar-refractivity contribution in [3.8, 4) is 0 Å². The maximum absolute atomic E-state index is 11.6. The van der Waals surface area contributed by atoms with Crippen LogP contribution in [0.15, 0.2) is 23.4 Å². The van der Waals surface area contributed by atoms with E-state index in [4.69, 9.17) is 11.6 Å². The molecule has 1 heterocycles. The second kappa shape index (κ2) is 6.14. The van der Waals surface area contributed by atoms with Crippen LogP contribution in [0.2, 0.25) is 5.02 Å². The van der Waals surface area contributed by atoms with Crippen LogP contribution in [0, 0.1) is 0 Å². The van der Waals surface area contributed by atoms with E-state index in [9.17, 15) is 4.21 Å². The van der Waals surface area contributed by atoms with Gasteiger partial charge >= 0.3 is 0 Å².